The Balaban J connectivity index is 2.05. The first-order valence-electron chi connectivity index (χ1n) is 5.65. The van der Waals surface area contributed by atoms with Gasteiger partial charge in [-0.3, -0.25) is 0 Å². The van der Waals surface area contributed by atoms with Crippen LogP contribution in [0.5, 0.6) is 0 Å². The van der Waals surface area contributed by atoms with Crippen LogP contribution >= 0.6 is 0 Å². The van der Waals surface area contributed by atoms with Gasteiger partial charge in [0.2, 0.25) is 5.89 Å². The molecular formula is C10H18N4O. The molecule has 5 nitrogen and oxygen atoms in total. The van der Waals surface area contributed by atoms with Crippen molar-refractivity contribution in [2.24, 2.45) is 5.73 Å². The molecule has 1 aliphatic rings. The average Bonchev–Trinajstić information content (AvgIpc) is 2.78. The van der Waals surface area contributed by atoms with Crippen molar-refractivity contribution in [1.82, 2.24) is 10.1 Å². The van der Waals surface area contributed by atoms with Crippen molar-refractivity contribution >= 4 is 5.95 Å². The third-order valence-electron chi connectivity index (χ3n) is 2.83. The number of hydrogen-bond acceptors (Lipinski definition) is 5. The summed E-state index contributed by atoms with van der Waals surface area (Å²) in [5.41, 5.74) is 5.82. The number of nitrogens with zero attached hydrogens (tertiary/aromatic N) is 3. The van der Waals surface area contributed by atoms with Gasteiger partial charge in [-0.25, -0.2) is 0 Å². The van der Waals surface area contributed by atoms with E-state index in [2.05, 4.69) is 15.0 Å². The van der Waals surface area contributed by atoms with E-state index in [0.717, 1.165) is 19.5 Å². The summed E-state index contributed by atoms with van der Waals surface area (Å²) in [4.78, 5) is 6.49. The molecule has 5 heteroatoms. The second-order valence-electron chi connectivity index (χ2n) is 4.00. The molecule has 2 N–H and O–H groups in total. The van der Waals surface area contributed by atoms with Crippen LogP contribution in [-0.2, 0) is 0 Å². The van der Waals surface area contributed by atoms with Crippen LogP contribution in [0.4, 0.5) is 5.95 Å². The number of hydrogen-bond donors (Lipinski definition) is 1. The van der Waals surface area contributed by atoms with Crippen molar-refractivity contribution in [3.63, 3.8) is 0 Å². The van der Waals surface area contributed by atoms with Gasteiger partial charge in [-0.2, -0.15) is 4.98 Å². The lowest BCUT2D eigenvalue weighted by Gasteiger charge is -2.24. The average molecular weight is 210 g/mol. The lowest BCUT2D eigenvalue weighted by molar-refractivity contribution is 0.350. The van der Waals surface area contributed by atoms with Crippen LogP contribution in [0, 0.1) is 0 Å². The fourth-order valence-electron chi connectivity index (χ4n) is 1.77. The molecule has 0 saturated carbocycles. The van der Waals surface area contributed by atoms with E-state index in [1.54, 1.807) is 0 Å². The number of nitrogens with two attached hydrogens (primary N) is 1. The van der Waals surface area contributed by atoms with Crippen LogP contribution in [0.2, 0.25) is 0 Å². The Morgan fingerprint density at radius 3 is 2.80 bits per heavy atom. The van der Waals surface area contributed by atoms with Gasteiger partial charge in [0.05, 0.1) is 6.04 Å². The number of aromatic nitrogens is 2. The summed E-state index contributed by atoms with van der Waals surface area (Å²) in [5, 5.41) is 3.97. The van der Waals surface area contributed by atoms with Gasteiger partial charge >= 0.3 is 0 Å². The Morgan fingerprint density at radius 1 is 1.40 bits per heavy atom. The number of piperidine rings is 1. The lowest BCUT2D eigenvalue weighted by Crippen LogP contribution is -2.30. The topological polar surface area (TPSA) is 68.2 Å². The second kappa shape index (κ2) is 4.61. The highest BCUT2D eigenvalue weighted by Gasteiger charge is 2.18. The van der Waals surface area contributed by atoms with Crippen molar-refractivity contribution < 1.29 is 4.52 Å². The summed E-state index contributed by atoms with van der Waals surface area (Å²) in [7, 11) is 0. The van der Waals surface area contributed by atoms with Crippen molar-refractivity contribution in [2.75, 3.05) is 18.0 Å². The van der Waals surface area contributed by atoms with Crippen LogP contribution in [-0.4, -0.2) is 23.2 Å². The summed E-state index contributed by atoms with van der Waals surface area (Å²) in [6.45, 7) is 4.07. The molecule has 1 atom stereocenters. The van der Waals surface area contributed by atoms with Gasteiger partial charge in [0, 0.05) is 13.1 Å². The normalized spacial score (nSPS) is 19.2. The highest BCUT2D eigenvalue weighted by atomic mass is 16.5. The molecule has 0 aliphatic carbocycles. The molecule has 1 aromatic rings. The predicted molar refractivity (Wildman–Crippen MR) is 57.6 cm³/mol. The summed E-state index contributed by atoms with van der Waals surface area (Å²) < 4.78 is 5.14. The maximum Gasteiger partial charge on any atom is 0.266 e. The van der Waals surface area contributed by atoms with Crippen LogP contribution in [0.1, 0.15) is 44.5 Å². The molecule has 0 amide bonds. The van der Waals surface area contributed by atoms with Crippen molar-refractivity contribution in [3.8, 4) is 0 Å². The smallest absolute Gasteiger partial charge is 0.266 e. The summed E-state index contributed by atoms with van der Waals surface area (Å²) in [5.74, 6) is 1.26. The van der Waals surface area contributed by atoms with E-state index in [0.29, 0.717) is 11.8 Å². The molecule has 0 spiro atoms. The Bertz CT molecular complexity index is 306. The largest absolute Gasteiger partial charge is 0.338 e. The predicted octanol–water partition coefficient (Wildman–Crippen LogP) is 1.47. The molecule has 2 heterocycles. The van der Waals surface area contributed by atoms with E-state index in [1.165, 1.54) is 19.3 Å². The van der Waals surface area contributed by atoms with Gasteiger partial charge < -0.3 is 15.2 Å². The van der Waals surface area contributed by atoms with Crippen molar-refractivity contribution in [2.45, 2.75) is 38.6 Å². The Morgan fingerprint density at radius 2 is 2.13 bits per heavy atom. The van der Waals surface area contributed by atoms with Crippen LogP contribution in [0.15, 0.2) is 4.52 Å². The third-order valence-corrected chi connectivity index (χ3v) is 2.83. The number of anilines is 1. The first-order chi connectivity index (χ1) is 7.31. The summed E-state index contributed by atoms with van der Waals surface area (Å²) in [6, 6.07) is -0.129. The van der Waals surface area contributed by atoms with E-state index in [1.807, 2.05) is 6.92 Å². The van der Waals surface area contributed by atoms with Crippen molar-refractivity contribution in [1.29, 1.82) is 0 Å². The minimum absolute atomic E-state index is 0.129. The minimum atomic E-state index is -0.129. The van der Waals surface area contributed by atoms with Crippen LogP contribution < -0.4 is 10.6 Å². The van der Waals surface area contributed by atoms with Crippen LogP contribution in [0.25, 0.3) is 0 Å². The van der Waals surface area contributed by atoms with Gasteiger partial charge in [0.25, 0.3) is 5.95 Å². The molecule has 0 radical (unpaired) electrons. The van der Waals surface area contributed by atoms with E-state index in [9.17, 15) is 0 Å². The minimum Gasteiger partial charge on any atom is -0.338 e. The molecular weight excluding hydrogens is 192 g/mol. The molecule has 0 unspecified atom stereocenters. The first kappa shape index (κ1) is 10.4. The second-order valence-corrected chi connectivity index (χ2v) is 4.00. The Labute approximate surface area is 89.6 Å². The quantitative estimate of drug-likeness (QED) is 0.818. The zero-order valence-corrected chi connectivity index (χ0v) is 9.15. The van der Waals surface area contributed by atoms with Gasteiger partial charge in [-0.05, 0) is 30.8 Å². The maximum atomic E-state index is 5.82. The van der Waals surface area contributed by atoms with E-state index < -0.39 is 0 Å². The molecule has 1 aliphatic heterocycles. The van der Waals surface area contributed by atoms with E-state index in [-0.39, 0.29) is 6.04 Å². The lowest BCUT2D eigenvalue weighted by atomic mass is 10.1. The standard InChI is InChI=1S/C10H18N4O/c1-2-8(11)9-12-10(13-15-9)14-6-4-3-5-7-14/h8H,2-7,11H2,1H3/t8-/m0/s1. The zero-order chi connectivity index (χ0) is 10.7. The van der Waals surface area contributed by atoms with Crippen molar-refractivity contribution in [3.05, 3.63) is 5.89 Å². The molecule has 0 bridgehead atoms. The monoisotopic (exact) mass is 210 g/mol. The van der Waals surface area contributed by atoms with Gasteiger partial charge in [-0.1, -0.05) is 6.92 Å². The Kier molecular flexibility index (Phi) is 3.20. The van der Waals surface area contributed by atoms with Crippen LogP contribution in [0.3, 0.4) is 0 Å². The molecule has 1 saturated heterocycles. The molecule has 1 aromatic heterocycles. The highest BCUT2D eigenvalue weighted by Crippen LogP contribution is 2.19. The van der Waals surface area contributed by atoms with Gasteiger partial charge in [0.1, 0.15) is 0 Å². The molecule has 1 fully saturated rings. The third kappa shape index (κ3) is 2.28. The molecule has 0 aromatic carbocycles. The van der Waals surface area contributed by atoms with Gasteiger partial charge in [-0.15, -0.1) is 0 Å². The molecule has 84 valence electrons. The number of rotatable bonds is 3. The first-order valence-corrected chi connectivity index (χ1v) is 5.65. The zero-order valence-electron chi connectivity index (χ0n) is 9.15. The van der Waals surface area contributed by atoms with Gasteiger partial charge in [0.15, 0.2) is 0 Å². The summed E-state index contributed by atoms with van der Waals surface area (Å²) >= 11 is 0. The fraction of sp³-hybridized carbons (Fsp3) is 0.800. The van der Waals surface area contributed by atoms with E-state index >= 15 is 0 Å². The summed E-state index contributed by atoms with van der Waals surface area (Å²) in [6.07, 6.45) is 4.55. The fourth-order valence-corrected chi connectivity index (χ4v) is 1.77. The molecule has 2 rings (SSSR count). The highest BCUT2D eigenvalue weighted by molar-refractivity contribution is 5.28. The SMILES string of the molecule is CC[C@H](N)c1nc(N2CCCCC2)no1. The van der Waals surface area contributed by atoms with E-state index in [4.69, 9.17) is 10.3 Å². The molecule has 15 heavy (non-hydrogen) atoms. The Hall–Kier alpha value is -1.10. The maximum absolute atomic E-state index is 5.82.